The lowest BCUT2D eigenvalue weighted by molar-refractivity contribution is 0.0989. The van der Waals surface area contributed by atoms with Crippen LogP contribution in [0.3, 0.4) is 0 Å². The molecule has 0 saturated heterocycles. The predicted molar refractivity (Wildman–Crippen MR) is 80.9 cm³/mol. The van der Waals surface area contributed by atoms with Gasteiger partial charge < -0.3 is 0 Å². The summed E-state index contributed by atoms with van der Waals surface area (Å²) >= 11 is 0. The molecule has 0 unspecified atom stereocenters. The van der Waals surface area contributed by atoms with Crippen LogP contribution in [0.5, 0.6) is 0 Å². The van der Waals surface area contributed by atoms with Crippen LogP contribution in [0.4, 0.5) is 4.39 Å². The van der Waals surface area contributed by atoms with Crippen molar-refractivity contribution in [2.45, 2.75) is 13.3 Å². The Balaban J connectivity index is 2.00. The van der Waals surface area contributed by atoms with Crippen LogP contribution in [-0.2, 0) is 6.42 Å². The maximum atomic E-state index is 13.7. The number of rotatable bonds is 3. The third-order valence-corrected chi connectivity index (χ3v) is 3.47. The van der Waals surface area contributed by atoms with Gasteiger partial charge in [-0.05, 0) is 30.7 Å². The fourth-order valence-electron chi connectivity index (χ4n) is 2.40. The molecular weight excluding hydrogens is 265 g/mol. The Labute approximate surface area is 122 Å². The molecule has 0 bridgehead atoms. The van der Waals surface area contributed by atoms with Crippen LogP contribution in [0.2, 0.25) is 0 Å². The maximum absolute atomic E-state index is 13.7. The van der Waals surface area contributed by atoms with E-state index in [0.29, 0.717) is 0 Å². The van der Waals surface area contributed by atoms with Crippen molar-refractivity contribution in [3.05, 3.63) is 77.2 Å². The minimum Gasteiger partial charge on any atom is -0.294 e. The number of pyridine rings is 1. The monoisotopic (exact) mass is 279 g/mol. The topological polar surface area (TPSA) is 30.0 Å². The zero-order chi connectivity index (χ0) is 14.8. The molecule has 2 aromatic carbocycles. The van der Waals surface area contributed by atoms with Crippen molar-refractivity contribution in [2.24, 2.45) is 0 Å². The molecule has 0 spiro atoms. The summed E-state index contributed by atoms with van der Waals surface area (Å²) in [6.45, 7) is 1.91. The number of Topliss-reactive ketones (excluding diaryl/α,β-unsaturated/α-hetero) is 1. The van der Waals surface area contributed by atoms with Gasteiger partial charge in [0.2, 0.25) is 0 Å². The van der Waals surface area contributed by atoms with Gasteiger partial charge in [-0.1, -0.05) is 36.4 Å². The molecular formula is C18H14FNO. The van der Waals surface area contributed by atoms with Gasteiger partial charge in [0.15, 0.2) is 5.78 Å². The van der Waals surface area contributed by atoms with E-state index in [9.17, 15) is 9.18 Å². The number of hydrogen-bond acceptors (Lipinski definition) is 2. The van der Waals surface area contributed by atoms with Crippen molar-refractivity contribution in [3.8, 4) is 0 Å². The van der Waals surface area contributed by atoms with Gasteiger partial charge in [0.05, 0.1) is 11.1 Å². The minimum absolute atomic E-state index is 0.127. The van der Waals surface area contributed by atoms with Crippen molar-refractivity contribution in [1.82, 2.24) is 4.98 Å². The Kier molecular flexibility index (Phi) is 3.48. The van der Waals surface area contributed by atoms with Crippen molar-refractivity contribution < 1.29 is 9.18 Å². The molecule has 21 heavy (non-hydrogen) atoms. The van der Waals surface area contributed by atoms with Gasteiger partial charge in [-0.3, -0.25) is 9.78 Å². The lowest BCUT2D eigenvalue weighted by atomic mass is 10.00. The first kappa shape index (κ1) is 13.4. The molecule has 1 aromatic heterocycles. The van der Waals surface area contributed by atoms with E-state index in [1.165, 1.54) is 12.1 Å². The number of carbonyl (C=O) groups is 1. The molecule has 3 rings (SSSR count). The number of ketones is 1. The van der Waals surface area contributed by atoms with Gasteiger partial charge in [-0.15, -0.1) is 0 Å². The van der Waals surface area contributed by atoms with Crippen LogP contribution in [0.15, 0.2) is 54.6 Å². The SMILES string of the molecule is Cc1ccc2cccc(CC(=O)c3ccccc3F)c2n1. The van der Waals surface area contributed by atoms with Gasteiger partial charge in [-0.2, -0.15) is 0 Å². The molecule has 0 aliphatic heterocycles. The smallest absolute Gasteiger partial charge is 0.170 e. The van der Waals surface area contributed by atoms with Gasteiger partial charge in [0.25, 0.3) is 0 Å². The number of fused-ring (bicyclic) bond motifs is 1. The second-order valence-corrected chi connectivity index (χ2v) is 5.02. The molecule has 0 fully saturated rings. The summed E-state index contributed by atoms with van der Waals surface area (Å²) < 4.78 is 13.7. The molecule has 0 aliphatic carbocycles. The van der Waals surface area contributed by atoms with E-state index in [1.807, 2.05) is 37.3 Å². The lowest BCUT2D eigenvalue weighted by Crippen LogP contribution is -2.07. The Hall–Kier alpha value is -2.55. The molecule has 3 aromatic rings. The molecule has 0 saturated carbocycles. The summed E-state index contributed by atoms with van der Waals surface area (Å²) in [5, 5.41) is 0.986. The van der Waals surface area contributed by atoms with E-state index in [4.69, 9.17) is 0 Å². The first-order valence-electron chi connectivity index (χ1n) is 6.78. The molecule has 0 atom stereocenters. The number of aromatic nitrogens is 1. The Bertz CT molecular complexity index is 826. The predicted octanol–water partition coefficient (Wildman–Crippen LogP) is 4.11. The maximum Gasteiger partial charge on any atom is 0.170 e. The second-order valence-electron chi connectivity index (χ2n) is 5.02. The van der Waals surface area contributed by atoms with Gasteiger partial charge in [-0.25, -0.2) is 4.39 Å². The highest BCUT2D eigenvalue weighted by molar-refractivity contribution is 5.99. The Morgan fingerprint density at radius 1 is 1.05 bits per heavy atom. The van der Waals surface area contributed by atoms with Gasteiger partial charge in [0.1, 0.15) is 5.82 Å². The van der Waals surface area contributed by atoms with E-state index >= 15 is 0 Å². The van der Waals surface area contributed by atoms with E-state index in [-0.39, 0.29) is 17.8 Å². The molecule has 0 aliphatic rings. The molecule has 1 heterocycles. The lowest BCUT2D eigenvalue weighted by Gasteiger charge is -2.07. The molecule has 104 valence electrons. The van der Waals surface area contributed by atoms with Gasteiger partial charge in [0, 0.05) is 17.5 Å². The Morgan fingerprint density at radius 2 is 1.86 bits per heavy atom. The summed E-state index contributed by atoms with van der Waals surface area (Å²) in [6.07, 6.45) is 0.148. The summed E-state index contributed by atoms with van der Waals surface area (Å²) in [6, 6.07) is 15.7. The summed E-state index contributed by atoms with van der Waals surface area (Å²) in [7, 11) is 0. The molecule has 0 N–H and O–H groups in total. The van der Waals surface area contributed by atoms with Crippen LogP contribution < -0.4 is 0 Å². The molecule has 2 nitrogen and oxygen atoms in total. The van der Waals surface area contributed by atoms with Crippen LogP contribution in [0.1, 0.15) is 21.6 Å². The zero-order valence-corrected chi connectivity index (χ0v) is 11.6. The standard InChI is InChI=1S/C18H14FNO/c1-12-9-10-13-5-4-6-14(18(13)20-12)11-17(21)15-7-2-3-8-16(15)19/h2-10H,11H2,1H3. The number of nitrogens with zero attached hydrogens (tertiary/aromatic N) is 1. The highest BCUT2D eigenvalue weighted by Gasteiger charge is 2.13. The number of carbonyl (C=O) groups excluding carboxylic acids is 1. The van der Waals surface area contributed by atoms with E-state index in [0.717, 1.165) is 22.2 Å². The molecule has 3 heteroatoms. The van der Waals surface area contributed by atoms with Crippen molar-refractivity contribution in [3.63, 3.8) is 0 Å². The largest absolute Gasteiger partial charge is 0.294 e. The summed E-state index contributed by atoms with van der Waals surface area (Å²) in [4.78, 5) is 16.8. The van der Waals surface area contributed by atoms with E-state index in [2.05, 4.69) is 4.98 Å². The molecule has 0 radical (unpaired) electrons. The van der Waals surface area contributed by atoms with Crippen LogP contribution in [0.25, 0.3) is 10.9 Å². The highest BCUT2D eigenvalue weighted by atomic mass is 19.1. The first-order chi connectivity index (χ1) is 10.1. The number of para-hydroxylation sites is 1. The third kappa shape index (κ3) is 2.68. The minimum atomic E-state index is -0.480. The normalized spacial score (nSPS) is 10.8. The van der Waals surface area contributed by atoms with Gasteiger partial charge >= 0.3 is 0 Å². The van der Waals surface area contributed by atoms with Crippen LogP contribution >= 0.6 is 0 Å². The second kappa shape index (κ2) is 5.44. The van der Waals surface area contributed by atoms with Crippen molar-refractivity contribution in [2.75, 3.05) is 0 Å². The first-order valence-corrected chi connectivity index (χ1v) is 6.78. The van der Waals surface area contributed by atoms with Crippen molar-refractivity contribution in [1.29, 1.82) is 0 Å². The average Bonchev–Trinajstić information content (AvgIpc) is 2.48. The van der Waals surface area contributed by atoms with Crippen molar-refractivity contribution >= 4 is 16.7 Å². The highest BCUT2D eigenvalue weighted by Crippen LogP contribution is 2.19. The fourth-order valence-corrected chi connectivity index (χ4v) is 2.40. The van der Waals surface area contributed by atoms with E-state index < -0.39 is 5.82 Å². The summed E-state index contributed by atoms with van der Waals surface area (Å²) in [5.41, 5.74) is 2.65. The number of benzene rings is 2. The number of halogens is 1. The Morgan fingerprint density at radius 3 is 2.67 bits per heavy atom. The van der Waals surface area contributed by atoms with Crippen LogP contribution in [-0.4, -0.2) is 10.8 Å². The quantitative estimate of drug-likeness (QED) is 0.675. The third-order valence-electron chi connectivity index (χ3n) is 3.47. The van der Waals surface area contributed by atoms with Crippen LogP contribution in [0, 0.1) is 12.7 Å². The number of hydrogen-bond donors (Lipinski definition) is 0. The van der Waals surface area contributed by atoms with E-state index in [1.54, 1.807) is 12.1 Å². The number of aryl methyl sites for hydroxylation is 1. The average molecular weight is 279 g/mol. The molecule has 0 amide bonds. The fraction of sp³-hybridized carbons (Fsp3) is 0.111. The summed E-state index contributed by atoms with van der Waals surface area (Å²) in [5.74, 6) is -0.712. The zero-order valence-electron chi connectivity index (χ0n) is 11.6.